The van der Waals surface area contributed by atoms with Crippen LogP contribution < -0.4 is 11.1 Å². The Morgan fingerprint density at radius 3 is 2.22 bits per heavy atom. The molecule has 0 heterocycles. The quantitative estimate of drug-likeness (QED) is 0.660. The number of nitrogen functional groups attached to an aromatic ring is 1. The average Bonchev–Trinajstić information content (AvgIpc) is 2.54. The zero-order valence-electron chi connectivity index (χ0n) is 14.1. The fourth-order valence-corrected chi connectivity index (χ4v) is 3.17. The Morgan fingerprint density at radius 1 is 1.13 bits per heavy atom. The van der Waals surface area contributed by atoms with E-state index in [-0.39, 0.29) is 11.8 Å². The molecule has 0 atom stereocenters. The molecule has 1 aromatic rings. The van der Waals surface area contributed by atoms with Crippen molar-refractivity contribution in [1.29, 1.82) is 0 Å². The normalized spacial score (nSPS) is 21.5. The van der Waals surface area contributed by atoms with E-state index in [4.69, 9.17) is 10.5 Å². The first-order chi connectivity index (χ1) is 10.8. The largest absolute Gasteiger partial charge is 0.467 e. The van der Waals surface area contributed by atoms with Gasteiger partial charge < -0.3 is 15.8 Å². The summed E-state index contributed by atoms with van der Waals surface area (Å²) >= 11 is 0. The summed E-state index contributed by atoms with van der Waals surface area (Å²) in [5.74, 6) is -0.0465. The lowest BCUT2D eigenvalue weighted by molar-refractivity contribution is -0.150. The maximum absolute atomic E-state index is 12.4. The summed E-state index contributed by atoms with van der Waals surface area (Å²) in [6, 6.07) is 7.99. The zero-order valence-corrected chi connectivity index (χ0v) is 14.1. The molecule has 126 valence electrons. The molecule has 23 heavy (non-hydrogen) atoms. The van der Waals surface area contributed by atoms with Crippen LogP contribution in [0.3, 0.4) is 0 Å². The molecule has 0 aliphatic heterocycles. The number of nitrogens with two attached hydrogens (primary N) is 1. The number of anilines is 1. The molecule has 1 fully saturated rings. The molecule has 5 nitrogen and oxygen atoms in total. The van der Waals surface area contributed by atoms with E-state index in [1.54, 1.807) is 13.8 Å². The second-order valence-electron chi connectivity index (χ2n) is 6.82. The Kier molecular flexibility index (Phi) is 5.29. The van der Waals surface area contributed by atoms with Crippen molar-refractivity contribution in [3.63, 3.8) is 0 Å². The average molecular weight is 318 g/mol. The number of carbonyl (C=O) groups excluding carboxylic acids is 2. The van der Waals surface area contributed by atoms with Gasteiger partial charge in [-0.25, -0.2) is 4.79 Å². The molecule has 1 amide bonds. The minimum Gasteiger partial charge on any atom is -0.467 e. The van der Waals surface area contributed by atoms with Crippen LogP contribution in [0.4, 0.5) is 5.69 Å². The van der Waals surface area contributed by atoms with E-state index >= 15 is 0 Å². The van der Waals surface area contributed by atoms with Gasteiger partial charge in [-0.05, 0) is 63.1 Å². The van der Waals surface area contributed by atoms with Gasteiger partial charge in [-0.1, -0.05) is 12.1 Å². The van der Waals surface area contributed by atoms with E-state index in [1.807, 2.05) is 12.1 Å². The molecule has 1 aliphatic carbocycles. The Bertz CT molecular complexity index is 558. The van der Waals surface area contributed by atoms with E-state index in [0.29, 0.717) is 5.92 Å². The molecule has 0 radical (unpaired) electrons. The van der Waals surface area contributed by atoms with Gasteiger partial charge in [-0.15, -0.1) is 0 Å². The molecule has 0 unspecified atom stereocenters. The maximum Gasteiger partial charge on any atom is 0.330 e. The Labute approximate surface area is 137 Å². The number of nitrogens with one attached hydrogen (secondary N) is 1. The van der Waals surface area contributed by atoms with Gasteiger partial charge in [-0.3, -0.25) is 4.79 Å². The highest BCUT2D eigenvalue weighted by atomic mass is 16.5. The smallest absolute Gasteiger partial charge is 0.330 e. The van der Waals surface area contributed by atoms with Crippen molar-refractivity contribution in [3.8, 4) is 0 Å². The number of methoxy groups -OCH3 is 1. The standard InChI is InChI=1S/C18H26N2O3/c1-18(2,17(22)23-3)20-16(21)14-6-4-12(5-7-14)13-8-10-15(19)11-9-13/h8-12,14H,4-7,19H2,1-3H3,(H,20,21)/t12-,14+. The van der Waals surface area contributed by atoms with E-state index in [2.05, 4.69) is 17.4 Å². The number of amides is 1. The van der Waals surface area contributed by atoms with Crippen LogP contribution in [0.1, 0.15) is 51.0 Å². The van der Waals surface area contributed by atoms with E-state index in [0.717, 1.165) is 31.4 Å². The summed E-state index contributed by atoms with van der Waals surface area (Å²) in [4.78, 5) is 24.1. The summed E-state index contributed by atoms with van der Waals surface area (Å²) in [7, 11) is 1.33. The predicted molar refractivity (Wildman–Crippen MR) is 89.8 cm³/mol. The highest BCUT2D eigenvalue weighted by Crippen LogP contribution is 2.36. The van der Waals surface area contributed by atoms with Crippen LogP contribution in [0.2, 0.25) is 0 Å². The molecule has 0 spiro atoms. The zero-order chi connectivity index (χ0) is 17.0. The summed E-state index contributed by atoms with van der Waals surface area (Å²) in [6.45, 7) is 3.33. The van der Waals surface area contributed by atoms with Gasteiger partial charge in [-0.2, -0.15) is 0 Å². The molecule has 1 aliphatic rings. The third-order valence-electron chi connectivity index (χ3n) is 4.64. The van der Waals surface area contributed by atoms with Crippen LogP contribution in [-0.2, 0) is 14.3 Å². The van der Waals surface area contributed by atoms with Gasteiger partial charge in [0.05, 0.1) is 7.11 Å². The van der Waals surface area contributed by atoms with Crippen LogP contribution in [0.15, 0.2) is 24.3 Å². The molecule has 0 aromatic heterocycles. The van der Waals surface area contributed by atoms with E-state index < -0.39 is 11.5 Å². The van der Waals surface area contributed by atoms with Gasteiger partial charge >= 0.3 is 5.97 Å². The Morgan fingerprint density at radius 2 is 1.70 bits per heavy atom. The summed E-state index contributed by atoms with van der Waals surface area (Å²) in [6.07, 6.45) is 3.61. The summed E-state index contributed by atoms with van der Waals surface area (Å²) in [5, 5.41) is 2.81. The van der Waals surface area contributed by atoms with Crippen LogP contribution in [-0.4, -0.2) is 24.5 Å². The SMILES string of the molecule is COC(=O)C(C)(C)NC(=O)[C@H]1CC[C@@H](c2ccc(N)cc2)CC1. The number of hydrogen-bond donors (Lipinski definition) is 2. The molecule has 5 heteroatoms. The van der Waals surface area contributed by atoms with Crippen LogP contribution in [0, 0.1) is 5.92 Å². The van der Waals surface area contributed by atoms with Gasteiger partial charge in [0.2, 0.25) is 5.91 Å². The van der Waals surface area contributed by atoms with Crippen molar-refractivity contribution in [2.75, 3.05) is 12.8 Å². The summed E-state index contributed by atoms with van der Waals surface area (Å²) in [5.41, 5.74) is 6.79. The second-order valence-corrected chi connectivity index (χ2v) is 6.82. The summed E-state index contributed by atoms with van der Waals surface area (Å²) < 4.78 is 4.72. The molecule has 3 N–H and O–H groups in total. The number of esters is 1. The van der Waals surface area contributed by atoms with Crippen molar-refractivity contribution in [3.05, 3.63) is 29.8 Å². The molecule has 0 bridgehead atoms. The first-order valence-corrected chi connectivity index (χ1v) is 8.09. The van der Waals surface area contributed by atoms with Crippen molar-refractivity contribution in [2.45, 2.75) is 51.0 Å². The Hall–Kier alpha value is -2.04. The number of benzene rings is 1. The first-order valence-electron chi connectivity index (χ1n) is 8.09. The van der Waals surface area contributed by atoms with Gasteiger partial charge in [0.15, 0.2) is 0 Å². The second kappa shape index (κ2) is 7.02. The van der Waals surface area contributed by atoms with Gasteiger partial charge in [0.1, 0.15) is 5.54 Å². The highest BCUT2D eigenvalue weighted by molar-refractivity contribution is 5.88. The fraction of sp³-hybridized carbons (Fsp3) is 0.556. The minimum atomic E-state index is -0.986. The Balaban J connectivity index is 1.90. The van der Waals surface area contributed by atoms with Crippen LogP contribution in [0.5, 0.6) is 0 Å². The first kappa shape index (κ1) is 17.3. The number of rotatable bonds is 4. The van der Waals surface area contributed by atoms with Crippen LogP contribution in [0.25, 0.3) is 0 Å². The molecule has 0 saturated heterocycles. The third kappa shape index (κ3) is 4.24. The minimum absolute atomic E-state index is 0.0380. The lowest BCUT2D eigenvalue weighted by Crippen LogP contribution is -2.52. The van der Waals surface area contributed by atoms with Crippen molar-refractivity contribution >= 4 is 17.6 Å². The monoisotopic (exact) mass is 318 g/mol. The molecule has 1 aromatic carbocycles. The molecular formula is C18H26N2O3. The highest BCUT2D eigenvalue weighted by Gasteiger charge is 2.34. The van der Waals surface area contributed by atoms with Gasteiger partial charge in [0.25, 0.3) is 0 Å². The van der Waals surface area contributed by atoms with Crippen molar-refractivity contribution < 1.29 is 14.3 Å². The number of ether oxygens (including phenoxy) is 1. The van der Waals surface area contributed by atoms with Crippen molar-refractivity contribution in [2.24, 2.45) is 5.92 Å². The molecule has 1 saturated carbocycles. The van der Waals surface area contributed by atoms with E-state index in [9.17, 15) is 9.59 Å². The topological polar surface area (TPSA) is 81.4 Å². The lowest BCUT2D eigenvalue weighted by atomic mass is 9.78. The number of hydrogen-bond acceptors (Lipinski definition) is 4. The van der Waals surface area contributed by atoms with E-state index in [1.165, 1.54) is 12.7 Å². The maximum atomic E-state index is 12.4. The fourth-order valence-electron chi connectivity index (χ4n) is 3.17. The number of carbonyl (C=O) groups is 2. The van der Waals surface area contributed by atoms with Crippen LogP contribution >= 0.6 is 0 Å². The predicted octanol–water partition coefficient (Wildman–Crippen LogP) is 2.61. The van der Waals surface area contributed by atoms with Gasteiger partial charge in [0, 0.05) is 11.6 Å². The van der Waals surface area contributed by atoms with Crippen molar-refractivity contribution in [1.82, 2.24) is 5.32 Å². The third-order valence-corrected chi connectivity index (χ3v) is 4.64. The lowest BCUT2D eigenvalue weighted by Gasteiger charge is -2.31. The molecular weight excluding hydrogens is 292 g/mol. The molecule has 2 rings (SSSR count).